The lowest BCUT2D eigenvalue weighted by atomic mass is 10.1. The number of hydrogen-bond acceptors (Lipinski definition) is 5. The summed E-state index contributed by atoms with van der Waals surface area (Å²) in [6, 6.07) is 0. The number of methoxy groups -OCH3 is 1. The molecule has 108 valence electrons. The van der Waals surface area contributed by atoms with E-state index < -0.39 is 5.79 Å². The molecule has 0 saturated heterocycles. The van der Waals surface area contributed by atoms with Crippen LogP contribution in [0.1, 0.15) is 40.0 Å². The maximum Gasteiger partial charge on any atom is 0.306 e. The van der Waals surface area contributed by atoms with Crippen molar-refractivity contribution in [2.45, 2.75) is 51.9 Å². The van der Waals surface area contributed by atoms with E-state index in [1.165, 1.54) is 0 Å². The fraction of sp³-hybridized carbons (Fsp3) is 0.714. The summed E-state index contributed by atoms with van der Waals surface area (Å²) in [6.45, 7) is 5.71. The van der Waals surface area contributed by atoms with Crippen LogP contribution in [0.5, 0.6) is 0 Å². The largest absolute Gasteiger partial charge is 0.466 e. The van der Waals surface area contributed by atoms with Crippen molar-refractivity contribution in [1.29, 1.82) is 0 Å². The Kier molecular flexibility index (Phi) is 5.69. The lowest BCUT2D eigenvalue weighted by molar-refractivity contribution is -0.212. The molecule has 0 heterocycles. The van der Waals surface area contributed by atoms with E-state index in [4.69, 9.17) is 14.2 Å². The molecule has 1 unspecified atom stereocenters. The van der Waals surface area contributed by atoms with Crippen LogP contribution >= 0.6 is 0 Å². The minimum Gasteiger partial charge on any atom is -0.466 e. The first-order chi connectivity index (χ1) is 8.88. The van der Waals surface area contributed by atoms with E-state index in [1.807, 2.05) is 0 Å². The van der Waals surface area contributed by atoms with Gasteiger partial charge in [0.1, 0.15) is 0 Å². The molecule has 0 aliphatic heterocycles. The number of Topliss-reactive ketones (excluding diaryl/α,β-unsaturated/α-hetero) is 1. The van der Waals surface area contributed by atoms with Crippen LogP contribution < -0.4 is 0 Å². The van der Waals surface area contributed by atoms with Gasteiger partial charge in [-0.3, -0.25) is 9.59 Å². The Hall–Kier alpha value is -1.20. The lowest BCUT2D eigenvalue weighted by Gasteiger charge is -2.26. The molecule has 1 aliphatic carbocycles. The van der Waals surface area contributed by atoms with Crippen LogP contribution in [0.25, 0.3) is 0 Å². The van der Waals surface area contributed by atoms with Gasteiger partial charge in [-0.05, 0) is 38.8 Å². The molecular formula is C14H22O5. The molecule has 0 radical (unpaired) electrons. The number of ether oxygens (including phenoxy) is 3. The number of carbonyl (C=O) groups excluding carboxylic acids is 2. The molecule has 19 heavy (non-hydrogen) atoms. The fourth-order valence-electron chi connectivity index (χ4n) is 1.87. The van der Waals surface area contributed by atoms with Crippen LogP contribution in [0.3, 0.4) is 0 Å². The molecule has 5 heteroatoms. The van der Waals surface area contributed by atoms with Crippen molar-refractivity contribution in [3.05, 3.63) is 11.6 Å². The highest BCUT2D eigenvalue weighted by Crippen LogP contribution is 2.25. The van der Waals surface area contributed by atoms with Crippen LogP contribution in [0.4, 0.5) is 0 Å². The third-order valence-corrected chi connectivity index (χ3v) is 2.96. The van der Waals surface area contributed by atoms with E-state index in [0.717, 1.165) is 0 Å². The van der Waals surface area contributed by atoms with Crippen molar-refractivity contribution in [3.8, 4) is 0 Å². The smallest absolute Gasteiger partial charge is 0.306 e. The number of hydrogen-bond donors (Lipinski definition) is 0. The predicted molar refractivity (Wildman–Crippen MR) is 69.5 cm³/mol. The van der Waals surface area contributed by atoms with Crippen molar-refractivity contribution in [1.82, 2.24) is 0 Å². The number of esters is 1. The Morgan fingerprint density at radius 1 is 1.47 bits per heavy atom. The Balaban J connectivity index is 2.50. The van der Waals surface area contributed by atoms with Gasteiger partial charge in [0.25, 0.3) is 0 Å². The molecular weight excluding hydrogens is 248 g/mol. The summed E-state index contributed by atoms with van der Waals surface area (Å²) in [4.78, 5) is 23.0. The predicted octanol–water partition coefficient (Wildman–Crippen LogP) is 2.00. The molecule has 0 bridgehead atoms. The molecule has 0 amide bonds. The van der Waals surface area contributed by atoms with Gasteiger partial charge in [0, 0.05) is 20.0 Å². The highest BCUT2D eigenvalue weighted by atomic mass is 16.7. The second-order valence-corrected chi connectivity index (χ2v) is 4.88. The third kappa shape index (κ3) is 5.12. The van der Waals surface area contributed by atoms with Gasteiger partial charge in [0.15, 0.2) is 11.6 Å². The van der Waals surface area contributed by atoms with E-state index in [-0.39, 0.29) is 24.3 Å². The summed E-state index contributed by atoms with van der Waals surface area (Å²) in [5.41, 5.74) is 0.643. The highest BCUT2D eigenvalue weighted by molar-refractivity contribution is 5.98. The number of ketones is 1. The first-order valence-electron chi connectivity index (χ1n) is 6.50. The van der Waals surface area contributed by atoms with Gasteiger partial charge in [-0.1, -0.05) is 0 Å². The zero-order chi connectivity index (χ0) is 14.5. The minimum absolute atomic E-state index is 0.0289. The van der Waals surface area contributed by atoms with Crippen molar-refractivity contribution in [2.75, 3.05) is 13.7 Å². The van der Waals surface area contributed by atoms with Crippen molar-refractivity contribution < 1.29 is 23.8 Å². The van der Waals surface area contributed by atoms with Crippen LogP contribution in [0.2, 0.25) is 0 Å². The van der Waals surface area contributed by atoms with E-state index in [9.17, 15) is 9.59 Å². The van der Waals surface area contributed by atoms with E-state index in [1.54, 1.807) is 34.0 Å². The molecule has 5 nitrogen and oxygen atoms in total. The Morgan fingerprint density at radius 3 is 2.74 bits per heavy atom. The maximum atomic E-state index is 11.8. The first kappa shape index (κ1) is 15.9. The van der Waals surface area contributed by atoms with Crippen LogP contribution in [0.15, 0.2) is 11.6 Å². The zero-order valence-electron chi connectivity index (χ0n) is 12.0. The molecule has 0 saturated carbocycles. The Labute approximate surface area is 113 Å². The van der Waals surface area contributed by atoms with Gasteiger partial charge >= 0.3 is 5.97 Å². The Morgan fingerprint density at radius 2 is 2.16 bits per heavy atom. The molecule has 0 aromatic heterocycles. The molecule has 0 spiro atoms. The number of rotatable bonds is 7. The van der Waals surface area contributed by atoms with E-state index in [0.29, 0.717) is 25.0 Å². The van der Waals surface area contributed by atoms with Gasteiger partial charge in [-0.2, -0.15) is 0 Å². The zero-order valence-corrected chi connectivity index (χ0v) is 12.0. The van der Waals surface area contributed by atoms with Gasteiger partial charge in [-0.15, -0.1) is 0 Å². The average molecular weight is 270 g/mol. The molecule has 0 aromatic rings. The van der Waals surface area contributed by atoms with E-state index >= 15 is 0 Å². The third-order valence-electron chi connectivity index (χ3n) is 2.96. The first-order valence-corrected chi connectivity index (χ1v) is 6.50. The van der Waals surface area contributed by atoms with Crippen LogP contribution in [-0.2, 0) is 23.8 Å². The SMILES string of the molecule is CCOC(=O)CCC1=CC(OC(C)(C)OC)CC1=O. The van der Waals surface area contributed by atoms with Crippen molar-refractivity contribution in [2.24, 2.45) is 0 Å². The second kappa shape index (κ2) is 6.82. The van der Waals surface area contributed by atoms with Crippen molar-refractivity contribution >= 4 is 11.8 Å². The molecule has 0 fully saturated rings. The normalized spacial score (nSPS) is 19.5. The average Bonchev–Trinajstić information content (AvgIpc) is 2.66. The fourth-order valence-corrected chi connectivity index (χ4v) is 1.87. The molecule has 0 aromatic carbocycles. The van der Waals surface area contributed by atoms with E-state index in [2.05, 4.69) is 0 Å². The van der Waals surface area contributed by atoms with Gasteiger partial charge in [-0.25, -0.2) is 0 Å². The topological polar surface area (TPSA) is 61.8 Å². The summed E-state index contributed by atoms with van der Waals surface area (Å²) < 4.78 is 15.7. The minimum atomic E-state index is -0.724. The Bertz CT molecular complexity index is 370. The molecule has 1 aliphatic rings. The maximum absolute atomic E-state index is 11.8. The number of carbonyl (C=O) groups is 2. The highest BCUT2D eigenvalue weighted by Gasteiger charge is 2.30. The van der Waals surface area contributed by atoms with Gasteiger partial charge in [0.2, 0.25) is 0 Å². The summed E-state index contributed by atoms with van der Waals surface area (Å²) in [7, 11) is 1.56. The summed E-state index contributed by atoms with van der Waals surface area (Å²) in [5.74, 6) is -0.975. The monoisotopic (exact) mass is 270 g/mol. The van der Waals surface area contributed by atoms with Crippen LogP contribution in [0, 0.1) is 0 Å². The summed E-state index contributed by atoms with van der Waals surface area (Å²) >= 11 is 0. The summed E-state index contributed by atoms with van der Waals surface area (Å²) in [5, 5.41) is 0. The van der Waals surface area contributed by atoms with Crippen LogP contribution in [-0.4, -0.2) is 37.4 Å². The standard InChI is InChI=1S/C14H22O5/c1-5-18-13(16)7-6-10-8-11(9-12(10)15)19-14(2,3)17-4/h8,11H,5-7,9H2,1-4H3. The summed E-state index contributed by atoms with van der Waals surface area (Å²) in [6.07, 6.45) is 2.45. The quantitative estimate of drug-likeness (QED) is 0.523. The van der Waals surface area contributed by atoms with Crippen molar-refractivity contribution in [3.63, 3.8) is 0 Å². The molecule has 0 N–H and O–H groups in total. The lowest BCUT2D eigenvalue weighted by Crippen LogP contribution is -2.31. The molecule has 1 atom stereocenters. The number of allylic oxidation sites excluding steroid dienone is 1. The van der Waals surface area contributed by atoms with Gasteiger partial charge < -0.3 is 14.2 Å². The molecule has 1 rings (SSSR count). The second-order valence-electron chi connectivity index (χ2n) is 4.88. The van der Waals surface area contributed by atoms with Gasteiger partial charge in [0.05, 0.1) is 12.7 Å².